The van der Waals surface area contributed by atoms with E-state index in [0.29, 0.717) is 0 Å². The number of aliphatic hydroxyl groups is 1. The summed E-state index contributed by atoms with van der Waals surface area (Å²) in [5, 5.41) is 9.75. The molecule has 9 heteroatoms. The van der Waals surface area contributed by atoms with Crippen molar-refractivity contribution in [3.8, 4) is 0 Å². The van der Waals surface area contributed by atoms with Crippen LogP contribution < -0.4 is 0 Å². The molecule has 2 aliphatic heterocycles. The number of nitrogens with zero attached hydrogens (tertiary/aromatic N) is 2. The van der Waals surface area contributed by atoms with E-state index in [-0.39, 0.29) is 0 Å². The number of fused-ring (bicyclic) bond motifs is 1. The van der Waals surface area contributed by atoms with Gasteiger partial charge < -0.3 is 14.6 Å². The molecule has 0 aliphatic carbocycles. The highest BCUT2D eigenvalue weighted by atomic mass is 32.2. The molecule has 2 amide bonds. The molecule has 3 unspecified atom stereocenters. The molecular weight excluding hydrogens is 360 g/mol. The van der Waals surface area contributed by atoms with E-state index in [0.717, 1.165) is 4.90 Å². The molecule has 0 spiro atoms. The number of carbonyl (C=O) groups is 3. The van der Waals surface area contributed by atoms with Crippen molar-refractivity contribution in [2.45, 2.75) is 89.1 Å². The molecule has 0 bridgehead atoms. The molecule has 2 rings (SSSR count). The second-order valence-corrected chi connectivity index (χ2v) is 10.6. The Bertz CT molecular complexity index is 622. The monoisotopic (exact) mass is 388 g/mol. The van der Waals surface area contributed by atoms with E-state index >= 15 is 0 Å². The molecule has 0 aromatic carbocycles. The lowest BCUT2D eigenvalue weighted by Crippen LogP contribution is -2.71. The van der Waals surface area contributed by atoms with Crippen LogP contribution in [0.3, 0.4) is 0 Å². The quantitative estimate of drug-likeness (QED) is 0.570. The van der Waals surface area contributed by atoms with Crippen molar-refractivity contribution in [2.24, 2.45) is 0 Å². The summed E-state index contributed by atoms with van der Waals surface area (Å²) in [6.07, 6.45) is -2.30. The predicted molar refractivity (Wildman–Crippen MR) is 96.0 cm³/mol. The zero-order valence-electron chi connectivity index (χ0n) is 16.5. The maximum absolute atomic E-state index is 12.6. The van der Waals surface area contributed by atoms with Crippen molar-refractivity contribution in [1.82, 2.24) is 9.80 Å². The number of esters is 1. The second-order valence-electron chi connectivity index (χ2n) is 8.90. The van der Waals surface area contributed by atoms with Crippen molar-refractivity contribution in [2.75, 3.05) is 0 Å². The van der Waals surface area contributed by atoms with Gasteiger partial charge >= 0.3 is 12.1 Å². The average molecular weight is 388 g/mol. The summed E-state index contributed by atoms with van der Waals surface area (Å²) in [5.74, 6) is -1.39. The fourth-order valence-corrected chi connectivity index (χ4v) is 4.48. The van der Waals surface area contributed by atoms with Gasteiger partial charge in [0.05, 0.1) is 4.87 Å². The Hall–Kier alpha value is -1.48. The fourth-order valence-electron chi connectivity index (χ4n) is 2.89. The maximum Gasteiger partial charge on any atom is 0.412 e. The number of β-lactam (4-membered cyclic amide) rings is 1. The molecule has 2 heterocycles. The molecule has 148 valence electrons. The summed E-state index contributed by atoms with van der Waals surface area (Å²) in [4.78, 5) is 39.0. The zero-order chi connectivity index (χ0) is 20.2. The minimum absolute atomic E-state index is 0.503. The van der Waals surface area contributed by atoms with E-state index in [9.17, 15) is 19.5 Å². The third kappa shape index (κ3) is 3.93. The topological polar surface area (TPSA) is 96.4 Å². The highest BCUT2D eigenvalue weighted by Gasteiger charge is 2.66. The van der Waals surface area contributed by atoms with Gasteiger partial charge in [-0.3, -0.25) is 14.6 Å². The number of ether oxygens (including phenoxy) is 2. The summed E-state index contributed by atoms with van der Waals surface area (Å²) < 4.78 is 10.6. The van der Waals surface area contributed by atoms with Gasteiger partial charge in [-0.2, -0.15) is 0 Å². The van der Waals surface area contributed by atoms with Crippen LogP contribution in [0, 0.1) is 0 Å². The number of thioether (sulfide) groups is 1. The minimum atomic E-state index is -1.70. The molecule has 3 atom stereocenters. The van der Waals surface area contributed by atoms with Crippen LogP contribution in [0.15, 0.2) is 0 Å². The van der Waals surface area contributed by atoms with Crippen LogP contribution in [0.1, 0.15) is 55.4 Å². The molecule has 0 saturated carbocycles. The third-order valence-electron chi connectivity index (χ3n) is 3.79. The van der Waals surface area contributed by atoms with Gasteiger partial charge in [0, 0.05) is 0 Å². The summed E-state index contributed by atoms with van der Waals surface area (Å²) >= 11 is 1.32. The van der Waals surface area contributed by atoms with Crippen molar-refractivity contribution in [3.63, 3.8) is 0 Å². The van der Waals surface area contributed by atoms with E-state index < -0.39 is 51.7 Å². The zero-order valence-corrected chi connectivity index (χ0v) is 17.3. The van der Waals surface area contributed by atoms with E-state index in [2.05, 4.69) is 0 Å². The lowest BCUT2D eigenvalue weighted by molar-refractivity contribution is -0.191. The first-order valence-electron chi connectivity index (χ1n) is 8.48. The van der Waals surface area contributed by atoms with Crippen LogP contribution >= 0.6 is 11.8 Å². The number of aliphatic hydroxyl groups excluding tert-OH is 1. The van der Waals surface area contributed by atoms with Gasteiger partial charge in [-0.1, -0.05) is 0 Å². The summed E-state index contributed by atoms with van der Waals surface area (Å²) in [7, 11) is 0. The summed E-state index contributed by atoms with van der Waals surface area (Å²) in [5.41, 5.74) is -1.48. The van der Waals surface area contributed by atoms with E-state index in [1.807, 2.05) is 0 Å². The molecule has 2 saturated heterocycles. The molecule has 26 heavy (non-hydrogen) atoms. The molecule has 2 aliphatic rings. The molecule has 0 aromatic heterocycles. The first kappa shape index (κ1) is 20.8. The minimum Gasteiger partial charge on any atom is -0.457 e. The van der Waals surface area contributed by atoms with Gasteiger partial charge in [-0.05, 0) is 55.4 Å². The van der Waals surface area contributed by atoms with E-state index in [4.69, 9.17) is 9.47 Å². The van der Waals surface area contributed by atoms with Gasteiger partial charge in [0.25, 0.3) is 5.91 Å². The van der Waals surface area contributed by atoms with Crippen molar-refractivity contribution in [1.29, 1.82) is 0 Å². The number of hydrogen-bond acceptors (Lipinski definition) is 7. The van der Waals surface area contributed by atoms with Crippen LogP contribution in [0.5, 0.6) is 0 Å². The highest BCUT2D eigenvalue weighted by molar-refractivity contribution is 8.01. The van der Waals surface area contributed by atoms with Crippen LogP contribution in [-0.4, -0.2) is 66.6 Å². The van der Waals surface area contributed by atoms with Gasteiger partial charge in [0.2, 0.25) is 6.23 Å². The second kappa shape index (κ2) is 6.30. The Kier molecular flexibility index (Phi) is 5.04. The van der Waals surface area contributed by atoms with Crippen molar-refractivity contribution >= 4 is 29.7 Å². The number of rotatable bonds is 2. The Labute approximate surface area is 158 Å². The lowest BCUT2D eigenvalue weighted by Gasteiger charge is -2.46. The molecule has 0 aromatic rings. The number of hydrogen-bond donors (Lipinski definition) is 1. The number of likely N-dealkylation sites (tertiary alicyclic amines) is 1. The highest BCUT2D eigenvalue weighted by Crippen LogP contribution is 2.52. The first-order valence-corrected chi connectivity index (χ1v) is 9.36. The molecule has 8 nitrogen and oxygen atoms in total. The van der Waals surface area contributed by atoms with Crippen LogP contribution in [0.2, 0.25) is 0 Å². The summed E-state index contributed by atoms with van der Waals surface area (Å²) in [6, 6.07) is -0.776. The van der Waals surface area contributed by atoms with E-state index in [1.165, 1.54) is 16.7 Å². The Morgan fingerprint density at radius 3 is 2.08 bits per heavy atom. The standard InChI is InChI=1S/C17H28N2O6S/c1-15(2,3)24-13(22)11(21)18-10(20)9-12(18)26-17(7,8)19(9)14(23)25-16(4,5)6/h9,11-12,21H,1-8H3. The summed E-state index contributed by atoms with van der Waals surface area (Å²) in [6.45, 7) is 13.9. The Morgan fingerprint density at radius 1 is 1.12 bits per heavy atom. The molecule has 1 N–H and O–H groups in total. The van der Waals surface area contributed by atoms with Gasteiger partial charge in [-0.15, -0.1) is 11.8 Å². The number of carbonyl (C=O) groups excluding carboxylic acids is 3. The van der Waals surface area contributed by atoms with Crippen LogP contribution in [0.25, 0.3) is 0 Å². The maximum atomic E-state index is 12.6. The van der Waals surface area contributed by atoms with Crippen LogP contribution in [-0.2, 0) is 19.1 Å². The number of amides is 2. The third-order valence-corrected chi connectivity index (χ3v) is 5.29. The van der Waals surface area contributed by atoms with Crippen molar-refractivity contribution in [3.05, 3.63) is 0 Å². The predicted octanol–water partition coefficient (Wildman–Crippen LogP) is 1.90. The molecule has 0 radical (unpaired) electrons. The molecule has 2 fully saturated rings. The Morgan fingerprint density at radius 2 is 1.62 bits per heavy atom. The first-order chi connectivity index (χ1) is 11.6. The smallest absolute Gasteiger partial charge is 0.412 e. The van der Waals surface area contributed by atoms with Gasteiger partial charge in [-0.25, -0.2) is 9.59 Å². The van der Waals surface area contributed by atoms with Gasteiger partial charge in [0.15, 0.2) is 0 Å². The SMILES string of the molecule is CC(C)(C)OC(=O)C(O)N1C(=O)C2C1SC(C)(C)N2C(=O)OC(C)(C)C. The van der Waals surface area contributed by atoms with Crippen molar-refractivity contribution < 1.29 is 29.0 Å². The van der Waals surface area contributed by atoms with Gasteiger partial charge in [0.1, 0.15) is 22.6 Å². The van der Waals surface area contributed by atoms with Crippen LogP contribution in [0.4, 0.5) is 4.79 Å². The Balaban J connectivity index is 2.17. The normalized spacial score (nSPS) is 26.1. The average Bonchev–Trinajstić information content (AvgIpc) is 2.63. The fraction of sp³-hybridized carbons (Fsp3) is 0.824. The molecular formula is C17H28N2O6S. The lowest BCUT2D eigenvalue weighted by atomic mass is 10.0. The largest absolute Gasteiger partial charge is 0.457 e. The van der Waals surface area contributed by atoms with E-state index in [1.54, 1.807) is 55.4 Å².